The molecule has 0 fully saturated rings. The Morgan fingerprint density at radius 3 is 2.14 bits per heavy atom. The van der Waals surface area contributed by atoms with Crippen LogP contribution in [0.5, 0.6) is 0 Å². The predicted molar refractivity (Wildman–Crippen MR) is 82.1 cm³/mol. The van der Waals surface area contributed by atoms with Crippen LogP contribution in [0, 0.1) is 0 Å². The van der Waals surface area contributed by atoms with Crippen LogP contribution < -0.4 is 5.32 Å². The smallest absolute Gasteiger partial charge is 0.216 e. The van der Waals surface area contributed by atoms with Gasteiger partial charge in [-0.15, -0.1) is 0 Å². The molecule has 0 saturated carbocycles. The molecule has 2 aromatic rings. The van der Waals surface area contributed by atoms with Crippen LogP contribution in [0.3, 0.4) is 0 Å². The van der Waals surface area contributed by atoms with Gasteiger partial charge in [0.25, 0.3) is 0 Å². The second-order valence-electron chi connectivity index (χ2n) is 5.32. The van der Waals surface area contributed by atoms with E-state index in [0.717, 1.165) is 5.56 Å². The summed E-state index contributed by atoms with van der Waals surface area (Å²) in [5.74, 6) is -0.316. The maximum atomic E-state index is 12.6. The van der Waals surface area contributed by atoms with Crippen molar-refractivity contribution < 1.29 is 14.4 Å². The molecule has 1 N–H and O–H groups in total. The van der Waals surface area contributed by atoms with Gasteiger partial charge in [0.15, 0.2) is 11.6 Å². The number of hydrogen-bond acceptors (Lipinski definition) is 3. The predicted octanol–water partition coefficient (Wildman–Crippen LogP) is 2.14. The molecule has 4 nitrogen and oxygen atoms in total. The lowest BCUT2D eigenvalue weighted by atomic mass is 9.83. The molecule has 0 aliphatic heterocycles. The average molecular weight is 293 g/mol. The largest absolute Gasteiger partial charge is 0.356 e. The van der Waals surface area contributed by atoms with E-state index in [-0.39, 0.29) is 17.5 Å². The minimum Gasteiger partial charge on any atom is -0.356 e. The molecule has 0 atom stereocenters. The van der Waals surface area contributed by atoms with Gasteiger partial charge in [-0.3, -0.25) is 14.4 Å². The first kappa shape index (κ1) is 14.2. The summed E-state index contributed by atoms with van der Waals surface area (Å²) in [7, 11) is 0. The first-order chi connectivity index (χ1) is 10.6. The van der Waals surface area contributed by atoms with Gasteiger partial charge in [0.2, 0.25) is 5.91 Å². The van der Waals surface area contributed by atoms with Crippen LogP contribution in [0.1, 0.15) is 44.3 Å². The van der Waals surface area contributed by atoms with Crippen LogP contribution in [-0.4, -0.2) is 24.0 Å². The lowest BCUT2D eigenvalue weighted by Gasteiger charge is -2.18. The molecule has 0 unspecified atom stereocenters. The van der Waals surface area contributed by atoms with Gasteiger partial charge in [0, 0.05) is 35.7 Å². The van der Waals surface area contributed by atoms with Crippen molar-refractivity contribution in [1.82, 2.24) is 5.32 Å². The number of benzene rings is 2. The van der Waals surface area contributed by atoms with Gasteiger partial charge in [-0.05, 0) is 18.1 Å². The van der Waals surface area contributed by atoms with Crippen molar-refractivity contribution in [3.8, 4) is 0 Å². The van der Waals surface area contributed by atoms with Gasteiger partial charge < -0.3 is 5.32 Å². The monoisotopic (exact) mass is 293 g/mol. The van der Waals surface area contributed by atoms with E-state index in [1.807, 2.05) is 6.07 Å². The molecule has 0 saturated heterocycles. The van der Waals surface area contributed by atoms with Gasteiger partial charge in [-0.1, -0.05) is 36.4 Å². The lowest BCUT2D eigenvalue weighted by Crippen LogP contribution is -2.23. The topological polar surface area (TPSA) is 63.2 Å². The third kappa shape index (κ3) is 2.44. The average Bonchev–Trinajstić information content (AvgIpc) is 2.52. The summed E-state index contributed by atoms with van der Waals surface area (Å²) in [6.45, 7) is 1.97. The van der Waals surface area contributed by atoms with Crippen molar-refractivity contribution in [1.29, 1.82) is 0 Å². The van der Waals surface area contributed by atoms with E-state index in [1.165, 1.54) is 6.92 Å². The molecule has 0 heterocycles. The van der Waals surface area contributed by atoms with E-state index < -0.39 is 0 Å². The third-order valence-electron chi connectivity index (χ3n) is 3.78. The summed E-state index contributed by atoms with van der Waals surface area (Å²) in [6, 6.07) is 12.2. The highest BCUT2D eigenvalue weighted by molar-refractivity contribution is 6.28. The van der Waals surface area contributed by atoms with Crippen molar-refractivity contribution in [2.24, 2.45) is 0 Å². The normalized spacial score (nSPS) is 12.6. The Morgan fingerprint density at radius 1 is 0.909 bits per heavy atom. The zero-order valence-electron chi connectivity index (χ0n) is 12.2. The van der Waals surface area contributed by atoms with E-state index in [9.17, 15) is 14.4 Å². The van der Waals surface area contributed by atoms with E-state index in [2.05, 4.69) is 5.32 Å². The fourth-order valence-corrected chi connectivity index (χ4v) is 2.68. The summed E-state index contributed by atoms with van der Waals surface area (Å²) in [4.78, 5) is 35.9. The van der Waals surface area contributed by atoms with Crippen LogP contribution in [0.15, 0.2) is 42.5 Å². The molecule has 1 aliphatic rings. The highest BCUT2D eigenvalue weighted by atomic mass is 16.1. The summed E-state index contributed by atoms with van der Waals surface area (Å²) in [6.07, 6.45) is 0.621. The number of fused-ring (bicyclic) bond motifs is 2. The highest BCUT2D eigenvalue weighted by Gasteiger charge is 2.29. The molecule has 110 valence electrons. The maximum Gasteiger partial charge on any atom is 0.216 e. The van der Waals surface area contributed by atoms with E-state index in [0.29, 0.717) is 35.2 Å². The highest BCUT2D eigenvalue weighted by Crippen LogP contribution is 2.27. The summed E-state index contributed by atoms with van der Waals surface area (Å²) >= 11 is 0. The van der Waals surface area contributed by atoms with E-state index in [1.54, 1.807) is 36.4 Å². The molecule has 0 radical (unpaired) electrons. The molecular weight excluding hydrogens is 278 g/mol. The molecule has 22 heavy (non-hydrogen) atoms. The Labute approximate surface area is 128 Å². The number of ketones is 2. The number of amides is 1. The van der Waals surface area contributed by atoms with Crippen LogP contribution in [0.25, 0.3) is 0 Å². The molecule has 4 heteroatoms. The van der Waals surface area contributed by atoms with Gasteiger partial charge in [-0.2, -0.15) is 0 Å². The van der Waals surface area contributed by atoms with Crippen molar-refractivity contribution in [2.45, 2.75) is 13.3 Å². The van der Waals surface area contributed by atoms with Crippen molar-refractivity contribution in [2.75, 3.05) is 6.54 Å². The first-order valence-corrected chi connectivity index (χ1v) is 7.13. The third-order valence-corrected chi connectivity index (χ3v) is 3.78. The molecule has 0 spiro atoms. The standard InChI is InChI=1S/C18H15NO3/c1-11(20)19-9-8-12-6-7-15-16(10-12)18(22)14-5-3-2-4-13(14)17(15)21/h2-7,10H,8-9H2,1H3,(H,19,20). The number of carbonyl (C=O) groups excluding carboxylic acids is 3. The summed E-state index contributed by atoms with van der Waals surface area (Å²) in [5, 5.41) is 2.72. The number of nitrogens with one attached hydrogen (secondary N) is 1. The lowest BCUT2D eigenvalue weighted by molar-refractivity contribution is -0.118. The number of rotatable bonds is 3. The van der Waals surface area contributed by atoms with Crippen LogP contribution >= 0.6 is 0 Å². The van der Waals surface area contributed by atoms with Gasteiger partial charge in [-0.25, -0.2) is 0 Å². The molecule has 0 bridgehead atoms. The minimum atomic E-state index is -0.119. The fraction of sp³-hybridized carbons (Fsp3) is 0.167. The van der Waals surface area contributed by atoms with Crippen LogP contribution in [-0.2, 0) is 11.2 Å². The number of hydrogen-bond donors (Lipinski definition) is 1. The SMILES string of the molecule is CC(=O)NCCc1ccc2c(c1)C(=O)c1ccccc1C2=O. The first-order valence-electron chi connectivity index (χ1n) is 7.13. The van der Waals surface area contributed by atoms with Gasteiger partial charge >= 0.3 is 0 Å². The molecular formula is C18H15NO3. The molecule has 2 aromatic carbocycles. The van der Waals surface area contributed by atoms with Crippen LogP contribution in [0.4, 0.5) is 0 Å². The Morgan fingerprint density at radius 2 is 1.50 bits per heavy atom. The second-order valence-corrected chi connectivity index (χ2v) is 5.32. The summed E-state index contributed by atoms with van der Waals surface area (Å²) < 4.78 is 0. The van der Waals surface area contributed by atoms with E-state index >= 15 is 0 Å². The molecule has 3 rings (SSSR count). The van der Waals surface area contributed by atoms with Crippen LogP contribution in [0.2, 0.25) is 0 Å². The van der Waals surface area contributed by atoms with Gasteiger partial charge in [0.1, 0.15) is 0 Å². The van der Waals surface area contributed by atoms with E-state index in [4.69, 9.17) is 0 Å². The minimum absolute atomic E-state index is 0.0851. The van der Waals surface area contributed by atoms with Crippen molar-refractivity contribution >= 4 is 17.5 Å². The number of carbonyl (C=O) groups is 3. The zero-order valence-corrected chi connectivity index (χ0v) is 12.2. The van der Waals surface area contributed by atoms with Crippen molar-refractivity contribution in [3.63, 3.8) is 0 Å². The fourth-order valence-electron chi connectivity index (χ4n) is 2.68. The second kappa shape index (κ2) is 5.56. The Bertz CT molecular complexity index is 793. The van der Waals surface area contributed by atoms with Gasteiger partial charge in [0.05, 0.1) is 0 Å². The Hall–Kier alpha value is -2.75. The zero-order chi connectivity index (χ0) is 15.7. The Kier molecular flexibility index (Phi) is 3.59. The molecule has 1 amide bonds. The maximum absolute atomic E-state index is 12.6. The quantitative estimate of drug-likeness (QED) is 0.804. The van der Waals surface area contributed by atoms with Crippen molar-refractivity contribution in [3.05, 3.63) is 70.3 Å². The Balaban J connectivity index is 1.94. The molecule has 1 aliphatic carbocycles. The molecule has 0 aromatic heterocycles. The summed E-state index contributed by atoms with van der Waals surface area (Å²) in [5.41, 5.74) is 2.74.